The number of methoxy groups -OCH3 is 2. The molecule has 1 N–H and O–H groups in total. The molecular weight excluding hydrogens is 498 g/mol. The Morgan fingerprint density at radius 3 is 2.06 bits per heavy atom. The number of rotatable bonds is 9. The number of amides is 1. The number of halogens is 1. The molecule has 6 atom stereocenters. The van der Waals surface area contributed by atoms with Gasteiger partial charge in [-0.2, -0.15) is 0 Å². The molecular formula is C19H28BrNO11. The number of carbonyl (C=O) groups is 5. The quantitative estimate of drug-likeness (QED) is 0.245. The standard InChI is InChI=1S/C19H28BrNO11/c1-9(22)21-13-7-15(20)19(28-6,18(26)27-5)32-16(13)17(31-12(4)25)14(30-11(3)24)8-29-10(2)23/h13-17H,7-8H2,1-6H3,(H,21,22)/t13-,14-,15+,16-,17+,19-/m1/s1. The van der Waals surface area contributed by atoms with Gasteiger partial charge in [0.15, 0.2) is 12.2 Å². The van der Waals surface area contributed by atoms with Gasteiger partial charge in [0.05, 0.1) is 18.0 Å². The molecule has 0 radical (unpaired) electrons. The number of esters is 4. The van der Waals surface area contributed by atoms with E-state index >= 15 is 0 Å². The first-order valence-corrected chi connectivity index (χ1v) is 10.5. The molecule has 182 valence electrons. The van der Waals surface area contributed by atoms with Crippen LogP contribution in [0.15, 0.2) is 0 Å². The molecule has 0 aromatic heterocycles. The third kappa shape index (κ3) is 7.14. The fraction of sp³-hybridized carbons (Fsp3) is 0.737. The smallest absolute Gasteiger partial charge is 0.367 e. The third-order valence-electron chi connectivity index (χ3n) is 4.50. The van der Waals surface area contributed by atoms with Gasteiger partial charge in [-0.25, -0.2) is 4.79 Å². The lowest BCUT2D eigenvalue weighted by Crippen LogP contribution is -2.67. The highest BCUT2D eigenvalue weighted by molar-refractivity contribution is 9.09. The predicted molar refractivity (Wildman–Crippen MR) is 109 cm³/mol. The minimum absolute atomic E-state index is 0.0747. The highest BCUT2D eigenvalue weighted by Crippen LogP contribution is 2.38. The Balaban J connectivity index is 3.52. The highest BCUT2D eigenvalue weighted by Gasteiger charge is 2.58. The average molecular weight is 526 g/mol. The van der Waals surface area contributed by atoms with E-state index < -0.39 is 71.4 Å². The maximum absolute atomic E-state index is 12.6. The van der Waals surface area contributed by atoms with Crippen LogP contribution < -0.4 is 5.32 Å². The van der Waals surface area contributed by atoms with Gasteiger partial charge in [-0.05, 0) is 6.42 Å². The summed E-state index contributed by atoms with van der Waals surface area (Å²) in [5.74, 6) is -5.50. The Kier molecular flexibility index (Phi) is 10.5. The monoisotopic (exact) mass is 525 g/mol. The van der Waals surface area contributed by atoms with Crippen LogP contribution in [0.4, 0.5) is 0 Å². The molecule has 1 saturated heterocycles. The van der Waals surface area contributed by atoms with Gasteiger partial charge in [-0.3, -0.25) is 19.2 Å². The summed E-state index contributed by atoms with van der Waals surface area (Å²) in [6.45, 7) is 4.15. The third-order valence-corrected chi connectivity index (χ3v) is 5.48. The minimum atomic E-state index is -1.98. The minimum Gasteiger partial charge on any atom is -0.465 e. The van der Waals surface area contributed by atoms with Gasteiger partial charge in [0.1, 0.15) is 12.7 Å². The Hall–Kier alpha value is -2.25. The SMILES string of the molecule is COC(=O)[C@]1(OC)O[C@@H]([C@@H](OC(C)=O)[C@@H](COC(C)=O)OC(C)=O)[C@H](NC(C)=O)C[C@@H]1Br. The average Bonchev–Trinajstić information content (AvgIpc) is 2.68. The molecule has 12 nitrogen and oxygen atoms in total. The molecule has 0 spiro atoms. The summed E-state index contributed by atoms with van der Waals surface area (Å²) in [7, 11) is 2.34. The van der Waals surface area contributed by atoms with E-state index in [1.54, 1.807) is 0 Å². The number of carbonyl (C=O) groups excluding carboxylic acids is 5. The molecule has 1 amide bonds. The van der Waals surface area contributed by atoms with E-state index in [1.807, 2.05) is 0 Å². The summed E-state index contributed by atoms with van der Waals surface area (Å²) in [6.07, 6.45) is -3.91. The van der Waals surface area contributed by atoms with E-state index in [-0.39, 0.29) is 6.42 Å². The molecule has 0 aromatic rings. The molecule has 1 aliphatic heterocycles. The number of nitrogens with one attached hydrogen (secondary N) is 1. The summed E-state index contributed by atoms with van der Waals surface area (Å²) in [5.41, 5.74) is 0. The topological polar surface area (TPSA) is 153 Å². The van der Waals surface area contributed by atoms with Crippen molar-refractivity contribution in [3.63, 3.8) is 0 Å². The number of ether oxygens (including phenoxy) is 6. The molecule has 0 saturated carbocycles. The van der Waals surface area contributed by atoms with Crippen LogP contribution in [0.1, 0.15) is 34.1 Å². The second kappa shape index (κ2) is 12.1. The number of alkyl halides is 1. The van der Waals surface area contributed by atoms with Crippen LogP contribution >= 0.6 is 15.9 Å². The van der Waals surface area contributed by atoms with Gasteiger partial charge in [-0.15, -0.1) is 0 Å². The van der Waals surface area contributed by atoms with E-state index in [1.165, 1.54) is 14.0 Å². The second-order valence-corrected chi connectivity index (χ2v) is 8.09. The summed E-state index contributed by atoms with van der Waals surface area (Å²) in [4.78, 5) is 58.5. The van der Waals surface area contributed by atoms with Crippen LogP contribution in [-0.4, -0.2) is 85.6 Å². The van der Waals surface area contributed by atoms with Crippen molar-refractivity contribution in [1.82, 2.24) is 5.32 Å². The normalized spacial score (nSPS) is 26.8. The fourth-order valence-electron chi connectivity index (χ4n) is 3.30. The molecule has 1 fully saturated rings. The first kappa shape index (κ1) is 27.8. The van der Waals surface area contributed by atoms with Crippen LogP contribution in [0, 0.1) is 0 Å². The zero-order chi connectivity index (χ0) is 24.6. The fourth-order valence-corrected chi connectivity index (χ4v) is 4.19. The van der Waals surface area contributed by atoms with Gasteiger partial charge in [0, 0.05) is 34.8 Å². The van der Waals surface area contributed by atoms with Crippen molar-refractivity contribution < 1.29 is 52.4 Å². The molecule has 1 aliphatic rings. The first-order chi connectivity index (χ1) is 14.9. The van der Waals surface area contributed by atoms with Crippen LogP contribution in [0.3, 0.4) is 0 Å². The van der Waals surface area contributed by atoms with Crippen LogP contribution in [0.2, 0.25) is 0 Å². The van der Waals surface area contributed by atoms with Gasteiger partial charge in [0.2, 0.25) is 5.91 Å². The van der Waals surface area contributed by atoms with Gasteiger partial charge >= 0.3 is 23.9 Å². The van der Waals surface area contributed by atoms with Crippen LogP contribution in [0.25, 0.3) is 0 Å². The lowest BCUT2D eigenvalue weighted by molar-refractivity contribution is -0.288. The van der Waals surface area contributed by atoms with Crippen molar-refractivity contribution in [2.75, 3.05) is 20.8 Å². The number of hydrogen-bond acceptors (Lipinski definition) is 11. The van der Waals surface area contributed by atoms with Gasteiger partial charge in [0.25, 0.3) is 5.79 Å². The van der Waals surface area contributed by atoms with E-state index in [4.69, 9.17) is 28.4 Å². The van der Waals surface area contributed by atoms with E-state index in [2.05, 4.69) is 21.2 Å². The summed E-state index contributed by atoms with van der Waals surface area (Å²) in [5, 5.41) is 2.67. The molecule has 1 heterocycles. The second-order valence-electron chi connectivity index (χ2n) is 6.98. The zero-order valence-corrected chi connectivity index (χ0v) is 20.3. The Morgan fingerprint density at radius 2 is 1.62 bits per heavy atom. The maximum atomic E-state index is 12.6. The molecule has 0 aliphatic carbocycles. The molecule has 1 rings (SSSR count). The molecule has 32 heavy (non-hydrogen) atoms. The Bertz CT molecular complexity index is 730. The van der Waals surface area contributed by atoms with E-state index in [9.17, 15) is 24.0 Å². The van der Waals surface area contributed by atoms with Crippen molar-refractivity contribution >= 4 is 45.7 Å². The largest absolute Gasteiger partial charge is 0.465 e. The highest BCUT2D eigenvalue weighted by atomic mass is 79.9. The van der Waals surface area contributed by atoms with Crippen LogP contribution in [0.5, 0.6) is 0 Å². The Labute approximate surface area is 193 Å². The summed E-state index contributed by atoms with van der Waals surface area (Å²) < 4.78 is 31.7. The zero-order valence-electron chi connectivity index (χ0n) is 18.7. The summed E-state index contributed by atoms with van der Waals surface area (Å²) >= 11 is 3.33. The first-order valence-electron chi connectivity index (χ1n) is 9.58. The lowest BCUT2D eigenvalue weighted by atomic mass is 9.90. The summed E-state index contributed by atoms with van der Waals surface area (Å²) in [6, 6.07) is -0.829. The van der Waals surface area contributed by atoms with Gasteiger partial charge in [-0.1, -0.05) is 15.9 Å². The molecule has 0 unspecified atom stereocenters. The number of hydrogen-bond donors (Lipinski definition) is 1. The van der Waals surface area contributed by atoms with Crippen molar-refractivity contribution in [3.8, 4) is 0 Å². The Morgan fingerprint density at radius 1 is 1.03 bits per heavy atom. The van der Waals surface area contributed by atoms with Crippen molar-refractivity contribution in [1.29, 1.82) is 0 Å². The molecule has 0 bridgehead atoms. The van der Waals surface area contributed by atoms with Crippen LogP contribution in [-0.2, 0) is 52.4 Å². The van der Waals surface area contributed by atoms with E-state index in [0.29, 0.717) is 0 Å². The van der Waals surface area contributed by atoms with Crippen molar-refractivity contribution in [2.45, 2.75) is 69.1 Å². The molecule has 0 aromatic carbocycles. The van der Waals surface area contributed by atoms with Crippen molar-refractivity contribution in [2.24, 2.45) is 0 Å². The maximum Gasteiger partial charge on any atom is 0.367 e. The molecule has 13 heteroatoms. The van der Waals surface area contributed by atoms with Crippen molar-refractivity contribution in [3.05, 3.63) is 0 Å². The lowest BCUT2D eigenvalue weighted by Gasteiger charge is -2.47. The van der Waals surface area contributed by atoms with E-state index in [0.717, 1.165) is 27.9 Å². The predicted octanol–water partition coefficient (Wildman–Crippen LogP) is -0.0143. The van der Waals surface area contributed by atoms with Gasteiger partial charge < -0.3 is 33.7 Å².